The molecule has 0 unspecified atom stereocenters. The molecule has 0 aliphatic rings. The first-order chi connectivity index (χ1) is 10.2. The molecule has 0 radical (unpaired) electrons. The first-order valence-corrected chi connectivity index (χ1v) is 7.47. The maximum atomic E-state index is 6.15. The van der Waals surface area contributed by atoms with Crippen molar-refractivity contribution in [2.45, 2.75) is 26.3 Å². The van der Waals surface area contributed by atoms with Crippen molar-refractivity contribution in [3.63, 3.8) is 0 Å². The summed E-state index contributed by atoms with van der Waals surface area (Å²) < 4.78 is 5.21. The minimum absolute atomic E-state index is 0.784. The molecule has 0 spiro atoms. The van der Waals surface area contributed by atoms with Crippen molar-refractivity contribution in [2.24, 2.45) is 0 Å². The van der Waals surface area contributed by atoms with E-state index in [1.165, 1.54) is 18.5 Å². The van der Waals surface area contributed by atoms with Crippen LogP contribution in [0.1, 0.15) is 25.3 Å². The molecule has 21 heavy (non-hydrogen) atoms. The Morgan fingerprint density at radius 3 is 2.48 bits per heavy atom. The lowest BCUT2D eigenvalue weighted by atomic mass is 10.1. The van der Waals surface area contributed by atoms with E-state index in [4.69, 9.17) is 10.5 Å². The average molecular weight is 284 g/mol. The Morgan fingerprint density at radius 1 is 1.10 bits per heavy atom. The number of para-hydroxylation sites is 1. The molecule has 2 aromatic rings. The predicted octanol–water partition coefficient (Wildman–Crippen LogP) is 4.08. The summed E-state index contributed by atoms with van der Waals surface area (Å²) in [5.41, 5.74) is 9.30. The van der Waals surface area contributed by atoms with Crippen molar-refractivity contribution < 1.29 is 4.74 Å². The molecule has 2 N–H and O–H groups in total. The summed E-state index contributed by atoms with van der Waals surface area (Å²) in [6, 6.07) is 16.4. The molecule has 0 atom stereocenters. The lowest BCUT2D eigenvalue weighted by Crippen LogP contribution is -2.24. The maximum Gasteiger partial charge on any atom is 0.120 e. The number of hydrogen-bond donors (Lipinski definition) is 1. The molecule has 3 heteroatoms. The van der Waals surface area contributed by atoms with E-state index < -0.39 is 0 Å². The lowest BCUT2D eigenvalue weighted by Gasteiger charge is -2.25. The zero-order chi connectivity index (χ0) is 15.1. The fraction of sp³-hybridized carbons (Fsp3) is 0.333. The van der Waals surface area contributed by atoms with Crippen molar-refractivity contribution in [1.29, 1.82) is 0 Å². The molecule has 2 rings (SSSR count). The Hall–Kier alpha value is -2.16. The number of benzene rings is 2. The second-order valence-corrected chi connectivity index (χ2v) is 5.18. The summed E-state index contributed by atoms with van der Waals surface area (Å²) in [4.78, 5) is 2.38. The summed E-state index contributed by atoms with van der Waals surface area (Å²) in [6.07, 6.45) is 2.35. The number of nitrogens with two attached hydrogens (primary N) is 1. The van der Waals surface area contributed by atoms with Gasteiger partial charge in [-0.3, -0.25) is 0 Å². The van der Waals surface area contributed by atoms with E-state index in [9.17, 15) is 0 Å². The molecular weight excluding hydrogens is 260 g/mol. The number of methoxy groups -OCH3 is 1. The molecular formula is C18H24N2O. The highest BCUT2D eigenvalue weighted by Crippen LogP contribution is 2.24. The third-order valence-corrected chi connectivity index (χ3v) is 3.62. The van der Waals surface area contributed by atoms with E-state index >= 15 is 0 Å². The standard InChI is InChI=1S/C18H24N2O/c1-3-4-12-20(16-8-6-5-7-9-16)14-15-10-11-17(21-2)13-18(15)19/h5-11,13H,3-4,12,14,19H2,1-2H3. The first kappa shape index (κ1) is 15.2. The number of unbranched alkanes of at least 4 members (excludes halogenated alkanes) is 1. The van der Waals surface area contributed by atoms with Gasteiger partial charge in [-0.2, -0.15) is 0 Å². The van der Waals surface area contributed by atoms with Crippen LogP contribution in [0.4, 0.5) is 11.4 Å². The van der Waals surface area contributed by atoms with Crippen LogP contribution in [0, 0.1) is 0 Å². The highest BCUT2D eigenvalue weighted by molar-refractivity contribution is 5.54. The predicted molar refractivity (Wildman–Crippen MR) is 89.8 cm³/mol. The molecule has 112 valence electrons. The molecule has 0 fully saturated rings. The summed E-state index contributed by atoms with van der Waals surface area (Å²) >= 11 is 0. The van der Waals surface area contributed by atoms with Gasteiger partial charge in [0.15, 0.2) is 0 Å². The summed E-state index contributed by atoms with van der Waals surface area (Å²) in [5, 5.41) is 0. The van der Waals surface area contributed by atoms with Gasteiger partial charge in [0.2, 0.25) is 0 Å². The number of nitrogens with zero attached hydrogens (tertiary/aromatic N) is 1. The minimum Gasteiger partial charge on any atom is -0.497 e. The number of anilines is 2. The largest absolute Gasteiger partial charge is 0.497 e. The Balaban J connectivity index is 2.18. The van der Waals surface area contributed by atoms with Gasteiger partial charge in [-0.1, -0.05) is 37.6 Å². The van der Waals surface area contributed by atoms with Crippen LogP contribution in [0.2, 0.25) is 0 Å². The van der Waals surface area contributed by atoms with Crippen LogP contribution in [0.3, 0.4) is 0 Å². The monoisotopic (exact) mass is 284 g/mol. The second-order valence-electron chi connectivity index (χ2n) is 5.18. The van der Waals surface area contributed by atoms with Crippen LogP contribution >= 0.6 is 0 Å². The number of rotatable bonds is 7. The molecule has 0 heterocycles. The van der Waals surface area contributed by atoms with Gasteiger partial charge >= 0.3 is 0 Å². The van der Waals surface area contributed by atoms with E-state index in [0.29, 0.717) is 0 Å². The third-order valence-electron chi connectivity index (χ3n) is 3.62. The van der Waals surface area contributed by atoms with E-state index in [2.05, 4.69) is 42.2 Å². The van der Waals surface area contributed by atoms with Gasteiger partial charge in [-0.15, -0.1) is 0 Å². The van der Waals surface area contributed by atoms with Crippen LogP contribution in [0.15, 0.2) is 48.5 Å². The Morgan fingerprint density at radius 2 is 1.86 bits per heavy atom. The van der Waals surface area contributed by atoms with Gasteiger partial charge in [0, 0.05) is 30.5 Å². The van der Waals surface area contributed by atoms with Crippen molar-refractivity contribution in [1.82, 2.24) is 0 Å². The van der Waals surface area contributed by atoms with E-state index in [1.54, 1.807) is 7.11 Å². The van der Waals surface area contributed by atoms with Gasteiger partial charge in [0.1, 0.15) is 5.75 Å². The molecule has 0 amide bonds. The highest BCUT2D eigenvalue weighted by atomic mass is 16.5. The minimum atomic E-state index is 0.784. The van der Waals surface area contributed by atoms with Crippen molar-refractivity contribution >= 4 is 11.4 Å². The normalized spacial score (nSPS) is 10.4. The second kappa shape index (κ2) is 7.58. The van der Waals surface area contributed by atoms with Crippen LogP contribution in [-0.4, -0.2) is 13.7 Å². The Kier molecular flexibility index (Phi) is 5.50. The average Bonchev–Trinajstić information content (AvgIpc) is 2.53. The van der Waals surface area contributed by atoms with Gasteiger partial charge in [0.05, 0.1) is 7.11 Å². The van der Waals surface area contributed by atoms with Crippen LogP contribution in [-0.2, 0) is 6.54 Å². The molecule has 0 bridgehead atoms. The van der Waals surface area contributed by atoms with Crippen molar-refractivity contribution in [2.75, 3.05) is 24.3 Å². The van der Waals surface area contributed by atoms with Crippen LogP contribution in [0.25, 0.3) is 0 Å². The SMILES string of the molecule is CCCCN(Cc1ccc(OC)cc1N)c1ccccc1. The fourth-order valence-electron chi connectivity index (χ4n) is 2.34. The van der Waals surface area contributed by atoms with E-state index in [1.807, 2.05) is 18.2 Å². The summed E-state index contributed by atoms with van der Waals surface area (Å²) in [7, 11) is 1.66. The lowest BCUT2D eigenvalue weighted by molar-refractivity contribution is 0.415. The molecule has 0 aliphatic carbocycles. The fourth-order valence-corrected chi connectivity index (χ4v) is 2.34. The van der Waals surface area contributed by atoms with E-state index in [0.717, 1.165) is 30.1 Å². The molecule has 3 nitrogen and oxygen atoms in total. The van der Waals surface area contributed by atoms with Crippen LogP contribution < -0.4 is 15.4 Å². The van der Waals surface area contributed by atoms with E-state index in [-0.39, 0.29) is 0 Å². The maximum absolute atomic E-state index is 6.15. The smallest absolute Gasteiger partial charge is 0.120 e. The first-order valence-electron chi connectivity index (χ1n) is 7.47. The molecule has 0 aliphatic heterocycles. The number of hydrogen-bond acceptors (Lipinski definition) is 3. The number of nitrogen functional groups attached to an aromatic ring is 1. The quantitative estimate of drug-likeness (QED) is 0.778. The zero-order valence-electron chi connectivity index (χ0n) is 12.9. The van der Waals surface area contributed by atoms with Gasteiger partial charge in [-0.05, 0) is 30.2 Å². The highest BCUT2D eigenvalue weighted by Gasteiger charge is 2.09. The number of ether oxygens (including phenoxy) is 1. The zero-order valence-corrected chi connectivity index (χ0v) is 12.9. The molecule has 0 saturated heterocycles. The third kappa shape index (κ3) is 4.15. The summed E-state index contributed by atoms with van der Waals surface area (Å²) in [5.74, 6) is 0.802. The summed E-state index contributed by atoms with van der Waals surface area (Å²) in [6.45, 7) is 4.07. The molecule has 0 saturated carbocycles. The van der Waals surface area contributed by atoms with Gasteiger partial charge < -0.3 is 15.4 Å². The Bertz CT molecular complexity index is 554. The Labute approximate surface area is 127 Å². The van der Waals surface area contributed by atoms with Crippen molar-refractivity contribution in [3.05, 3.63) is 54.1 Å². The van der Waals surface area contributed by atoms with Crippen LogP contribution in [0.5, 0.6) is 5.75 Å². The van der Waals surface area contributed by atoms with Gasteiger partial charge in [-0.25, -0.2) is 0 Å². The van der Waals surface area contributed by atoms with Gasteiger partial charge in [0.25, 0.3) is 0 Å². The molecule has 2 aromatic carbocycles. The topological polar surface area (TPSA) is 38.5 Å². The van der Waals surface area contributed by atoms with Crippen molar-refractivity contribution in [3.8, 4) is 5.75 Å². The molecule has 0 aromatic heterocycles.